The van der Waals surface area contributed by atoms with E-state index < -0.39 is 0 Å². The molecule has 1 saturated carbocycles. The number of ether oxygens (including phenoxy) is 1. The van der Waals surface area contributed by atoms with E-state index in [-0.39, 0.29) is 5.41 Å². The molecule has 0 bridgehead atoms. The maximum Gasteiger partial charge on any atom is 0.224 e. The number of methoxy groups -OCH3 is 1. The quantitative estimate of drug-likeness (QED) is 0.813. The Balaban J connectivity index is 1.95. The number of aromatic nitrogens is 2. The number of nitrogens with two attached hydrogens (primary N) is 1. The molecule has 0 spiro atoms. The van der Waals surface area contributed by atoms with Crippen molar-refractivity contribution in [1.82, 2.24) is 9.97 Å². The fourth-order valence-corrected chi connectivity index (χ4v) is 2.53. The van der Waals surface area contributed by atoms with Crippen molar-refractivity contribution in [1.29, 1.82) is 0 Å². The summed E-state index contributed by atoms with van der Waals surface area (Å²) in [5.74, 6) is 1.10. The number of nitrogen functional groups attached to an aromatic ring is 1. The Hall–Kier alpha value is -1.36. The summed E-state index contributed by atoms with van der Waals surface area (Å²) >= 11 is 0. The van der Waals surface area contributed by atoms with Crippen LogP contribution >= 0.6 is 0 Å². The van der Waals surface area contributed by atoms with Gasteiger partial charge >= 0.3 is 0 Å². The van der Waals surface area contributed by atoms with Crippen LogP contribution in [0.25, 0.3) is 0 Å². The number of hydrogen-bond acceptors (Lipinski definition) is 5. The van der Waals surface area contributed by atoms with Gasteiger partial charge in [-0.15, -0.1) is 0 Å². The lowest BCUT2D eigenvalue weighted by Crippen LogP contribution is -2.32. The van der Waals surface area contributed by atoms with Gasteiger partial charge in [-0.3, -0.25) is 0 Å². The van der Waals surface area contributed by atoms with E-state index >= 15 is 0 Å². The van der Waals surface area contributed by atoms with E-state index in [9.17, 15) is 0 Å². The summed E-state index contributed by atoms with van der Waals surface area (Å²) in [7, 11) is 1.76. The molecule has 0 aliphatic heterocycles. The topological polar surface area (TPSA) is 73.1 Å². The Labute approximate surface area is 102 Å². The van der Waals surface area contributed by atoms with E-state index in [1.807, 2.05) is 0 Å². The molecule has 1 aromatic heterocycles. The lowest BCUT2D eigenvalue weighted by Gasteiger charge is -2.28. The standard InChI is InChI=1S/C12H20N4O/c1-17-9-12(5-2-3-6-12)8-15-11-14-7-4-10(13)16-11/h4,7H,2-3,5-6,8-9H2,1H3,(H3,13,14,15,16). The van der Waals surface area contributed by atoms with Gasteiger partial charge in [0.1, 0.15) is 5.82 Å². The predicted octanol–water partition coefficient (Wildman–Crippen LogP) is 1.68. The molecule has 5 heteroatoms. The highest BCUT2D eigenvalue weighted by molar-refractivity contribution is 5.35. The normalized spacial score (nSPS) is 18.2. The second-order valence-corrected chi connectivity index (χ2v) is 4.80. The van der Waals surface area contributed by atoms with Crippen molar-refractivity contribution in [2.24, 2.45) is 5.41 Å². The molecule has 1 aliphatic rings. The SMILES string of the molecule is COCC1(CNc2nccc(N)n2)CCCC1. The Kier molecular flexibility index (Phi) is 3.78. The van der Waals surface area contributed by atoms with Crippen LogP contribution in [0.3, 0.4) is 0 Å². The fraction of sp³-hybridized carbons (Fsp3) is 0.667. The highest BCUT2D eigenvalue weighted by atomic mass is 16.5. The third-order valence-corrected chi connectivity index (χ3v) is 3.41. The Morgan fingerprint density at radius 2 is 2.24 bits per heavy atom. The average molecular weight is 236 g/mol. The van der Waals surface area contributed by atoms with Gasteiger partial charge in [0, 0.05) is 25.3 Å². The second kappa shape index (κ2) is 5.31. The van der Waals surface area contributed by atoms with Crippen molar-refractivity contribution in [2.45, 2.75) is 25.7 Å². The van der Waals surface area contributed by atoms with Gasteiger partial charge in [0.15, 0.2) is 0 Å². The van der Waals surface area contributed by atoms with E-state index in [2.05, 4.69) is 15.3 Å². The van der Waals surface area contributed by atoms with E-state index in [1.165, 1.54) is 25.7 Å². The Bertz CT molecular complexity index is 363. The van der Waals surface area contributed by atoms with Crippen LogP contribution in [0.1, 0.15) is 25.7 Å². The lowest BCUT2D eigenvalue weighted by atomic mass is 9.87. The van der Waals surface area contributed by atoms with Crippen molar-refractivity contribution in [2.75, 3.05) is 31.3 Å². The summed E-state index contributed by atoms with van der Waals surface area (Å²) < 4.78 is 5.34. The number of nitrogens with one attached hydrogen (secondary N) is 1. The van der Waals surface area contributed by atoms with Crippen molar-refractivity contribution in [3.63, 3.8) is 0 Å². The number of anilines is 2. The molecule has 1 heterocycles. The van der Waals surface area contributed by atoms with Gasteiger partial charge in [-0.25, -0.2) is 4.98 Å². The molecular weight excluding hydrogens is 216 g/mol. The van der Waals surface area contributed by atoms with Gasteiger partial charge in [-0.05, 0) is 18.9 Å². The molecular formula is C12H20N4O. The Morgan fingerprint density at radius 3 is 2.88 bits per heavy atom. The maximum absolute atomic E-state index is 5.62. The third kappa shape index (κ3) is 3.06. The largest absolute Gasteiger partial charge is 0.384 e. The monoisotopic (exact) mass is 236 g/mol. The molecule has 2 rings (SSSR count). The van der Waals surface area contributed by atoms with Gasteiger partial charge < -0.3 is 15.8 Å². The number of rotatable bonds is 5. The van der Waals surface area contributed by atoms with Gasteiger partial charge in [0.2, 0.25) is 5.95 Å². The summed E-state index contributed by atoms with van der Waals surface area (Å²) in [4.78, 5) is 8.29. The minimum atomic E-state index is 0.239. The van der Waals surface area contributed by atoms with Gasteiger partial charge in [0.25, 0.3) is 0 Å². The van der Waals surface area contributed by atoms with Crippen LogP contribution in [0.5, 0.6) is 0 Å². The summed E-state index contributed by atoms with van der Waals surface area (Å²) in [6.45, 7) is 1.65. The average Bonchev–Trinajstić information content (AvgIpc) is 2.76. The molecule has 0 unspecified atom stereocenters. The summed E-state index contributed by atoms with van der Waals surface area (Å²) in [5, 5.41) is 3.27. The highest BCUT2D eigenvalue weighted by Crippen LogP contribution is 2.38. The zero-order valence-electron chi connectivity index (χ0n) is 10.3. The van der Waals surface area contributed by atoms with E-state index in [0.717, 1.165) is 13.2 Å². The first-order valence-corrected chi connectivity index (χ1v) is 6.05. The van der Waals surface area contributed by atoms with Crippen molar-refractivity contribution in [3.05, 3.63) is 12.3 Å². The van der Waals surface area contributed by atoms with Crippen LogP contribution in [0.15, 0.2) is 12.3 Å². The fourth-order valence-electron chi connectivity index (χ4n) is 2.53. The smallest absolute Gasteiger partial charge is 0.224 e. The van der Waals surface area contributed by atoms with Crippen LogP contribution in [0.2, 0.25) is 0 Å². The van der Waals surface area contributed by atoms with Crippen LogP contribution < -0.4 is 11.1 Å². The maximum atomic E-state index is 5.62. The molecule has 3 N–H and O–H groups in total. The first-order valence-electron chi connectivity index (χ1n) is 6.05. The van der Waals surface area contributed by atoms with Crippen LogP contribution in [0, 0.1) is 5.41 Å². The van der Waals surface area contributed by atoms with Crippen molar-refractivity contribution in [3.8, 4) is 0 Å². The summed E-state index contributed by atoms with van der Waals surface area (Å²) in [5.41, 5.74) is 5.86. The first kappa shape index (κ1) is 12.1. The molecule has 1 aromatic rings. The van der Waals surface area contributed by atoms with Crippen LogP contribution in [-0.2, 0) is 4.74 Å². The van der Waals surface area contributed by atoms with Crippen LogP contribution in [0.4, 0.5) is 11.8 Å². The van der Waals surface area contributed by atoms with Gasteiger partial charge in [0.05, 0.1) is 6.61 Å². The van der Waals surface area contributed by atoms with Gasteiger partial charge in [-0.1, -0.05) is 12.8 Å². The predicted molar refractivity (Wildman–Crippen MR) is 67.7 cm³/mol. The zero-order valence-corrected chi connectivity index (χ0v) is 10.3. The lowest BCUT2D eigenvalue weighted by molar-refractivity contribution is 0.0922. The minimum absolute atomic E-state index is 0.239. The van der Waals surface area contributed by atoms with E-state index in [1.54, 1.807) is 19.4 Å². The van der Waals surface area contributed by atoms with Crippen molar-refractivity contribution >= 4 is 11.8 Å². The molecule has 5 nitrogen and oxygen atoms in total. The first-order chi connectivity index (χ1) is 8.24. The molecule has 0 aromatic carbocycles. The number of hydrogen-bond donors (Lipinski definition) is 2. The molecule has 94 valence electrons. The third-order valence-electron chi connectivity index (χ3n) is 3.41. The van der Waals surface area contributed by atoms with E-state index in [4.69, 9.17) is 10.5 Å². The molecule has 1 aliphatic carbocycles. The molecule has 17 heavy (non-hydrogen) atoms. The van der Waals surface area contributed by atoms with E-state index in [0.29, 0.717) is 11.8 Å². The van der Waals surface area contributed by atoms with Crippen molar-refractivity contribution < 1.29 is 4.74 Å². The number of nitrogens with zero attached hydrogens (tertiary/aromatic N) is 2. The summed E-state index contributed by atoms with van der Waals surface area (Å²) in [6.07, 6.45) is 6.64. The molecule has 0 saturated heterocycles. The van der Waals surface area contributed by atoms with Gasteiger partial charge in [-0.2, -0.15) is 4.98 Å². The Morgan fingerprint density at radius 1 is 1.47 bits per heavy atom. The molecule has 1 fully saturated rings. The molecule has 0 atom stereocenters. The van der Waals surface area contributed by atoms with Crippen LogP contribution in [-0.4, -0.2) is 30.2 Å². The summed E-state index contributed by atoms with van der Waals surface area (Å²) in [6, 6.07) is 1.69. The molecule has 0 amide bonds. The zero-order chi connectivity index (χ0) is 12.1. The minimum Gasteiger partial charge on any atom is -0.384 e. The second-order valence-electron chi connectivity index (χ2n) is 4.80. The highest BCUT2D eigenvalue weighted by Gasteiger charge is 2.33. The molecule has 0 radical (unpaired) electrons.